The van der Waals surface area contributed by atoms with Crippen LogP contribution in [0.5, 0.6) is 0 Å². The van der Waals surface area contributed by atoms with E-state index in [9.17, 15) is 14.4 Å². The van der Waals surface area contributed by atoms with Gasteiger partial charge in [0.15, 0.2) is 24.1 Å². The fourth-order valence-corrected chi connectivity index (χ4v) is 2.91. The van der Waals surface area contributed by atoms with Crippen LogP contribution in [0.1, 0.15) is 33.9 Å². The number of anilines is 1. The normalized spacial score (nSPS) is 26.0. The van der Waals surface area contributed by atoms with Crippen molar-refractivity contribution < 1.29 is 28.2 Å². The summed E-state index contributed by atoms with van der Waals surface area (Å²) in [5, 5.41) is 0. The molecule has 2 rings (SSSR count). The van der Waals surface area contributed by atoms with E-state index in [1.54, 1.807) is 27.7 Å². The molecule has 0 saturated carbocycles. The number of aliphatic imine (C=N–C) groups is 1. The maximum Gasteiger partial charge on any atom is 0.351 e. The number of carbonyl (C=O) groups excluding carboxylic acids is 2. The summed E-state index contributed by atoms with van der Waals surface area (Å²) in [7, 11) is 0. The van der Waals surface area contributed by atoms with E-state index in [-0.39, 0.29) is 12.4 Å². The number of nitrogens with zero attached hydrogens (tertiary/aromatic N) is 3. The van der Waals surface area contributed by atoms with Gasteiger partial charge in [-0.05, 0) is 12.8 Å². The van der Waals surface area contributed by atoms with Gasteiger partial charge in [-0.3, -0.25) is 19.1 Å². The molecule has 30 heavy (non-hydrogen) atoms. The number of halogens is 1. The molecule has 0 unspecified atom stereocenters. The first-order chi connectivity index (χ1) is 14.0. The third-order valence-electron chi connectivity index (χ3n) is 4.59. The molecule has 0 amide bonds. The Bertz CT molecular complexity index is 858. The van der Waals surface area contributed by atoms with Crippen LogP contribution in [-0.4, -0.2) is 59.2 Å². The number of carbonyl (C=O) groups is 2. The SMILES string of the molecule is C=NC[C@]1(COC(=O)C(C)C)O[C@@H](n2ccc(N)nc2=O)[C@H](F)[C@@H]1OC(=O)C(C)C. The van der Waals surface area contributed by atoms with E-state index in [2.05, 4.69) is 16.7 Å². The molecule has 1 aliphatic heterocycles. The van der Waals surface area contributed by atoms with Crippen molar-refractivity contribution in [2.24, 2.45) is 16.8 Å². The number of aromatic nitrogens is 2. The van der Waals surface area contributed by atoms with Gasteiger partial charge in [0, 0.05) is 6.20 Å². The molecule has 0 aliphatic carbocycles. The highest BCUT2D eigenvalue weighted by molar-refractivity contribution is 5.72. The lowest BCUT2D eigenvalue weighted by Crippen LogP contribution is -2.52. The minimum absolute atomic E-state index is 0.0441. The van der Waals surface area contributed by atoms with Gasteiger partial charge >= 0.3 is 17.6 Å². The van der Waals surface area contributed by atoms with Crippen molar-refractivity contribution >= 4 is 24.5 Å². The molecule has 166 valence electrons. The van der Waals surface area contributed by atoms with Crippen LogP contribution >= 0.6 is 0 Å². The van der Waals surface area contributed by atoms with Gasteiger partial charge in [-0.15, -0.1) is 0 Å². The number of rotatable bonds is 8. The molecule has 0 radical (unpaired) electrons. The lowest BCUT2D eigenvalue weighted by atomic mass is 9.96. The van der Waals surface area contributed by atoms with Crippen LogP contribution in [0.15, 0.2) is 22.1 Å². The molecule has 2 heterocycles. The number of esters is 2. The number of alkyl halides is 1. The van der Waals surface area contributed by atoms with E-state index in [1.807, 2.05) is 0 Å². The molecular weight excluding hydrogens is 399 g/mol. The van der Waals surface area contributed by atoms with Crippen molar-refractivity contribution in [3.05, 3.63) is 22.7 Å². The first-order valence-electron chi connectivity index (χ1n) is 9.48. The van der Waals surface area contributed by atoms with E-state index in [0.29, 0.717) is 0 Å². The highest BCUT2D eigenvalue weighted by atomic mass is 19.1. The first-order valence-corrected chi connectivity index (χ1v) is 9.48. The Balaban J connectivity index is 2.47. The summed E-state index contributed by atoms with van der Waals surface area (Å²) >= 11 is 0. The fourth-order valence-electron chi connectivity index (χ4n) is 2.91. The van der Waals surface area contributed by atoms with Crippen LogP contribution < -0.4 is 11.4 Å². The highest BCUT2D eigenvalue weighted by Crippen LogP contribution is 2.41. The molecule has 0 aromatic carbocycles. The van der Waals surface area contributed by atoms with Crippen molar-refractivity contribution in [1.29, 1.82) is 0 Å². The monoisotopic (exact) mass is 426 g/mol. The van der Waals surface area contributed by atoms with Crippen LogP contribution in [0.2, 0.25) is 0 Å². The Hall–Kier alpha value is -2.82. The Morgan fingerprint density at radius 3 is 2.53 bits per heavy atom. The average Bonchev–Trinajstić information content (AvgIpc) is 2.92. The molecule has 1 aromatic rings. The van der Waals surface area contributed by atoms with Crippen LogP contribution in [0.3, 0.4) is 0 Å². The van der Waals surface area contributed by atoms with E-state index in [0.717, 1.165) is 4.57 Å². The Morgan fingerprint density at radius 2 is 2.00 bits per heavy atom. The minimum Gasteiger partial charge on any atom is -0.462 e. The number of ether oxygens (including phenoxy) is 3. The topological polar surface area (TPSA) is 135 Å². The lowest BCUT2D eigenvalue weighted by Gasteiger charge is -2.32. The van der Waals surface area contributed by atoms with Gasteiger partial charge in [-0.2, -0.15) is 4.98 Å². The second kappa shape index (κ2) is 9.33. The predicted molar refractivity (Wildman–Crippen MR) is 106 cm³/mol. The van der Waals surface area contributed by atoms with Crippen LogP contribution in [0.25, 0.3) is 0 Å². The van der Waals surface area contributed by atoms with Gasteiger partial charge in [-0.1, -0.05) is 27.7 Å². The van der Waals surface area contributed by atoms with E-state index in [1.165, 1.54) is 12.3 Å². The molecule has 1 saturated heterocycles. The molecular formula is C19H27FN4O6. The van der Waals surface area contributed by atoms with Gasteiger partial charge in [0.2, 0.25) is 0 Å². The van der Waals surface area contributed by atoms with Crippen molar-refractivity contribution in [2.75, 3.05) is 18.9 Å². The second-order valence-corrected chi connectivity index (χ2v) is 7.72. The summed E-state index contributed by atoms with van der Waals surface area (Å²) in [6, 6.07) is 1.30. The summed E-state index contributed by atoms with van der Waals surface area (Å²) in [4.78, 5) is 43.8. The Labute approximate surface area is 173 Å². The fraction of sp³-hybridized carbons (Fsp3) is 0.632. The molecule has 4 atom stereocenters. The predicted octanol–water partition coefficient (Wildman–Crippen LogP) is 0.899. The van der Waals surface area contributed by atoms with E-state index < -0.39 is 60.2 Å². The number of nitrogen functional groups attached to an aromatic ring is 1. The smallest absolute Gasteiger partial charge is 0.351 e. The van der Waals surface area contributed by atoms with Crippen molar-refractivity contribution in [3.8, 4) is 0 Å². The Morgan fingerprint density at radius 1 is 1.37 bits per heavy atom. The zero-order chi connectivity index (χ0) is 22.6. The molecule has 11 heteroatoms. The maximum atomic E-state index is 15.5. The van der Waals surface area contributed by atoms with Gasteiger partial charge < -0.3 is 19.9 Å². The molecule has 0 bridgehead atoms. The summed E-state index contributed by atoms with van der Waals surface area (Å²) < 4.78 is 32.9. The van der Waals surface area contributed by atoms with E-state index in [4.69, 9.17) is 19.9 Å². The molecule has 1 aromatic heterocycles. The second-order valence-electron chi connectivity index (χ2n) is 7.72. The molecule has 1 fully saturated rings. The third-order valence-corrected chi connectivity index (χ3v) is 4.59. The van der Waals surface area contributed by atoms with Crippen molar-refractivity contribution in [1.82, 2.24) is 9.55 Å². The average molecular weight is 426 g/mol. The van der Waals surface area contributed by atoms with Crippen molar-refractivity contribution in [3.63, 3.8) is 0 Å². The van der Waals surface area contributed by atoms with Crippen molar-refractivity contribution in [2.45, 2.75) is 51.8 Å². The van der Waals surface area contributed by atoms with Gasteiger partial charge in [0.05, 0.1) is 18.4 Å². The summed E-state index contributed by atoms with van der Waals surface area (Å²) in [6.07, 6.45) is -3.77. The Kier molecular flexibility index (Phi) is 7.30. The third kappa shape index (κ3) is 4.84. The van der Waals surface area contributed by atoms with Gasteiger partial charge in [0.25, 0.3) is 0 Å². The summed E-state index contributed by atoms with van der Waals surface area (Å²) in [5.74, 6) is -2.28. The van der Waals surface area contributed by atoms with Gasteiger partial charge in [0.1, 0.15) is 12.4 Å². The zero-order valence-corrected chi connectivity index (χ0v) is 17.4. The minimum atomic E-state index is -1.98. The molecule has 0 spiro atoms. The molecule has 2 N–H and O–H groups in total. The van der Waals surface area contributed by atoms with Crippen LogP contribution in [0, 0.1) is 11.8 Å². The lowest BCUT2D eigenvalue weighted by molar-refractivity contribution is -0.179. The standard InChI is InChI=1S/C19H27FN4O6/c1-10(2)16(25)28-9-19(8-22-5)14(29-17(26)11(3)4)13(20)15(30-19)24-7-6-12(21)23-18(24)27/h6-7,10-11,13-15H,5,8-9H2,1-4H3,(H2,21,23,27)/t13-,14+,15-,19-/m1/s1. The maximum absolute atomic E-state index is 15.5. The molecule has 1 aliphatic rings. The highest BCUT2D eigenvalue weighted by Gasteiger charge is 2.60. The number of hydrogen-bond donors (Lipinski definition) is 1. The number of hydrogen-bond acceptors (Lipinski definition) is 9. The van der Waals surface area contributed by atoms with Crippen LogP contribution in [0.4, 0.5) is 10.2 Å². The number of nitrogens with two attached hydrogens (primary N) is 1. The first kappa shape index (κ1) is 23.5. The quantitative estimate of drug-likeness (QED) is 0.478. The van der Waals surface area contributed by atoms with E-state index >= 15 is 4.39 Å². The largest absolute Gasteiger partial charge is 0.462 e. The molecule has 10 nitrogen and oxygen atoms in total. The summed E-state index contributed by atoms with van der Waals surface area (Å²) in [6.45, 7) is 9.14. The summed E-state index contributed by atoms with van der Waals surface area (Å²) in [5.41, 5.74) is 2.96. The van der Waals surface area contributed by atoms with Crippen LogP contribution in [-0.2, 0) is 23.8 Å². The van der Waals surface area contributed by atoms with Gasteiger partial charge in [-0.25, -0.2) is 9.18 Å². The zero-order valence-electron chi connectivity index (χ0n) is 17.4.